The van der Waals surface area contributed by atoms with Gasteiger partial charge in [-0.3, -0.25) is 0 Å². The fraction of sp³-hybridized carbons (Fsp3) is 1.00. The molecule has 9 heavy (non-hydrogen) atoms. The summed E-state index contributed by atoms with van der Waals surface area (Å²) in [6.45, 7) is 6.45. The number of hydrogen-bond acceptors (Lipinski definition) is 2. The minimum Gasteiger partial charge on any atom is -0.327 e. The van der Waals surface area contributed by atoms with Gasteiger partial charge in [0, 0.05) is 11.3 Å². The van der Waals surface area contributed by atoms with Gasteiger partial charge in [0.05, 0.1) is 0 Å². The molecule has 56 valence electrons. The Kier molecular flexibility index (Phi) is 5.30. The first-order valence-electron chi connectivity index (χ1n) is 3.59. The lowest BCUT2D eigenvalue weighted by Crippen LogP contribution is -2.28. The Hall–Kier alpha value is 0.310. The van der Waals surface area contributed by atoms with Crippen molar-refractivity contribution in [2.45, 2.75) is 38.5 Å². The first kappa shape index (κ1) is 9.31. The van der Waals surface area contributed by atoms with Gasteiger partial charge in [0.1, 0.15) is 0 Å². The average Bonchev–Trinajstić information content (AvgIpc) is 1.82. The molecule has 0 radical (unpaired) electrons. The molecular formula is C7H17NS. The summed E-state index contributed by atoms with van der Waals surface area (Å²) in [5, 5.41) is 0.662. The van der Waals surface area contributed by atoms with Crippen LogP contribution < -0.4 is 5.73 Å². The highest BCUT2D eigenvalue weighted by Crippen LogP contribution is 2.15. The lowest BCUT2D eigenvalue weighted by atomic mass is 10.2. The number of rotatable bonds is 4. The summed E-state index contributed by atoms with van der Waals surface area (Å²) in [5.74, 6) is 1.18. The Morgan fingerprint density at radius 1 is 1.44 bits per heavy atom. The zero-order valence-electron chi connectivity index (χ0n) is 6.55. The highest BCUT2D eigenvalue weighted by molar-refractivity contribution is 7.99. The molecule has 2 atom stereocenters. The summed E-state index contributed by atoms with van der Waals surface area (Å²) in [4.78, 5) is 0. The fourth-order valence-corrected chi connectivity index (χ4v) is 1.82. The monoisotopic (exact) mass is 147 g/mol. The van der Waals surface area contributed by atoms with Gasteiger partial charge in [-0.05, 0) is 19.1 Å². The normalized spacial score (nSPS) is 17.3. The summed E-state index contributed by atoms with van der Waals surface area (Å²) < 4.78 is 0. The molecule has 0 amide bonds. The Balaban J connectivity index is 3.41. The van der Waals surface area contributed by atoms with E-state index < -0.39 is 0 Å². The SMILES string of the molecule is CCSC(CC)C(C)N. The van der Waals surface area contributed by atoms with Crippen molar-refractivity contribution in [3.8, 4) is 0 Å². The first-order valence-corrected chi connectivity index (χ1v) is 4.64. The topological polar surface area (TPSA) is 26.0 Å². The van der Waals surface area contributed by atoms with Gasteiger partial charge in [0.2, 0.25) is 0 Å². The molecule has 0 rings (SSSR count). The summed E-state index contributed by atoms with van der Waals surface area (Å²) in [5.41, 5.74) is 5.71. The van der Waals surface area contributed by atoms with Crippen LogP contribution in [0.15, 0.2) is 0 Å². The van der Waals surface area contributed by atoms with Crippen LogP contribution in [0.2, 0.25) is 0 Å². The van der Waals surface area contributed by atoms with Crippen molar-refractivity contribution in [2.75, 3.05) is 5.75 Å². The van der Waals surface area contributed by atoms with Crippen LogP contribution >= 0.6 is 11.8 Å². The number of hydrogen-bond donors (Lipinski definition) is 1. The van der Waals surface area contributed by atoms with Gasteiger partial charge >= 0.3 is 0 Å². The average molecular weight is 147 g/mol. The zero-order valence-corrected chi connectivity index (χ0v) is 7.37. The van der Waals surface area contributed by atoms with Gasteiger partial charge in [-0.15, -0.1) is 0 Å². The second kappa shape index (κ2) is 5.12. The third-order valence-corrected chi connectivity index (χ3v) is 2.89. The maximum atomic E-state index is 5.71. The van der Waals surface area contributed by atoms with Gasteiger partial charge in [-0.2, -0.15) is 11.8 Å². The van der Waals surface area contributed by atoms with Gasteiger partial charge in [0.15, 0.2) is 0 Å². The highest BCUT2D eigenvalue weighted by Gasteiger charge is 2.09. The van der Waals surface area contributed by atoms with E-state index >= 15 is 0 Å². The smallest absolute Gasteiger partial charge is 0.0193 e. The molecule has 0 fully saturated rings. The van der Waals surface area contributed by atoms with E-state index in [1.165, 1.54) is 12.2 Å². The van der Waals surface area contributed by atoms with E-state index in [9.17, 15) is 0 Å². The van der Waals surface area contributed by atoms with Crippen molar-refractivity contribution in [1.82, 2.24) is 0 Å². The van der Waals surface area contributed by atoms with Crippen LogP contribution in [-0.4, -0.2) is 17.0 Å². The number of thioether (sulfide) groups is 1. The molecule has 0 aliphatic rings. The molecule has 2 unspecified atom stereocenters. The molecule has 2 heteroatoms. The molecule has 0 aromatic heterocycles. The fourth-order valence-electron chi connectivity index (χ4n) is 0.855. The van der Waals surface area contributed by atoms with Crippen LogP contribution in [0.4, 0.5) is 0 Å². The van der Waals surface area contributed by atoms with Crippen LogP contribution in [-0.2, 0) is 0 Å². The maximum absolute atomic E-state index is 5.71. The second-order valence-electron chi connectivity index (χ2n) is 2.26. The van der Waals surface area contributed by atoms with Crippen molar-refractivity contribution >= 4 is 11.8 Å². The molecule has 0 bridgehead atoms. The molecule has 0 saturated heterocycles. The minimum absolute atomic E-state index is 0.347. The standard InChI is InChI=1S/C7H17NS/c1-4-7(6(3)8)9-5-2/h6-7H,4-5,8H2,1-3H3. The third kappa shape index (κ3) is 3.82. The zero-order chi connectivity index (χ0) is 7.28. The Morgan fingerprint density at radius 3 is 2.11 bits per heavy atom. The van der Waals surface area contributed by atoms with Gasteiger partial charge < -0.3 is 5.73 Å². The van der Waals surface area contributed by atoms with Crippen molar-refractivity contribution in [1.29, 1.82) is 0 Å². The van der Waals surface area contributed by atoms with Gasteiger partial charge in [-0.25, -0.2) is 0 Å². The number of nitrogens with two attached hydrogens (primary N) is 1. The Morgan fingerprint density at radius 2 is 2.00 bits per heavy atom. The summed E-state index contributed by atoms with van der Waals surface area (Å²) in [7, 11) is 0. The molecule has 0 aliphatic carbocycles. The van der Waals surface area contributed by atoms with Crippen LogP contribution in [0.3, 0.4) is 0 Å². The molecule has 0 aromatic carbocycles. The summed E-state index contributed by atoms with van der Waals surface area (Å²) in [6.07, 6.45) is 1.19. The lowest BCUT2D eigenvalue weighted by Gasteiger charge is -2.16. The van der Waals surface area contributed by atoms with E-state index in [4.69, 9.17) is 5.73 Å². The van der Waals surface area contributed by atoms with E-state index in [0.29, 0.717) is 11.3 Å². The third-order valence-electron chi connectivity index (χ3n) is 1.37. The van der Waals surface area contributed by atoms with E-state index in [-0.39, 0.29) is 0 Å². The van der Waals surface area contributed by atoms with Crippen molar-refractivity contribution in [2.24, 2.45) is 5.73 Å². The minimum atomic E-state index is 0.347. The molecule has 0 heterocycles. The molecular weight excluding hydrogens is 130 g/mol. The van der Waals surface area contributed by atoms with Crippen LogP contribution in [0.5, 0.6) is 0 Å². The van der Waals surface area contributed by atoms with Gasteiger partial charge in [0.25, 0.3) is 0 Å². The second-order valence-corrected chi connectivity index (χ2v) is 3.78. The highest BCUT2D eigenvalue weighted by atomic mass is 32.2. The van der Waals surface area contributed by atoms with Crippen LogP contribution in [0.1, 0.15) is 27.2 Å². The molecule has 0 aliphatic heterocycles. The van der Waals surface area contributed by atoms with Crippen molar-refractivity contribution in [3.05, 3.63) is 0 Å². The predicted octanol–water partition coefficient (Wildman–Crippen LogP) is 1.87. The van der Waals surface area contributed by atoms with Crippen molar-refractivity contribution in [3.63, 3.8) is 0 Å². The van der Waals surface area contributed by atoms with Crippen LogP contribution in [0, 0.1) is 0 Å². The lowest BCUT2D eigenvalue weighted by molar-refractivity contribution is 0.671. The van der Waals surface area contributed by atoms with E-state index in [1.807, 2.05) is 11.8 Å². The van der Waals surface area contributed by atoms with Crippen LogP contribution in [0.25, 0.3) is 0 Å². The molecule has 0 saturated carbocycles. The summed E-state index contributed by atoms with van der Waals surface area (Å²) in [6, 6.07) is 0.347. The van der Waals surface area contributed by atoms with E-state index in [1.54, 1.807) is 0 Å². The molecule has 2 N–H and O–H groups in total. The summed E-state index contributed by atoms with van der Waals surface area (Å²) >= 11 is 1.96. The Labute approximate surface area is 62.4 Å². The maximum Gasteiger partial charge on any atom is 0.0193 e. The largest absolute Gasteiger partial charge is 0.327 e. The molecule has 0 spiro atoms. The van der Waals surface area contributed by atoms with E-state index in [2.05, 4.69) is 20.8 Å². The predicted molar refractivity (Wildman–Crippen MR) is 45.9 cm³/mol. The van der Waals surface area contributed by atoms with Crippen molar-refractivity contribution < 1.29 is 0 Å². The first-order chi connectivity index (χ1) is 4.22. The van der Waals surface area contributed by atoms with Gasteiger partial charge in [-0.1, -0.05) is 13.8 Å². The quantitative estimate of drug-likeness (QED) is 0.657. The van der Waals surface area contributed by atoms with E-state index in [0.717, 1.165) is 0 Å². The molecule has 0 aromatic rings. The Bertz CT molecular complexity index is 63.9. The molecule has 1 nitrogen and oxygen atoms in total.